The van der Waals surface area contributed by atoms with E-state index in [1.54, 1.807) is 18.7 Å². The summed E-state index contributed by atoms with van der Waals surface area (Å²) in [6.45, 7) is 5.54. The number of aryl methyl sites for hydroxylation is 1. The van der Waals surface area contributed by atoms with Gasteiger partial charge in [0.2, 0.25) is 5.91 Å². The first-order valence-electron chi connectivity index (χ1n) is 6.16. The second-order valence-corrected chi connectivity index (χ2v) is 4.53. The Morgan fingerprint density at radius 2 is 2.05 bits per heavy atom. The van der Waals surface area contributed by atoms with Crippen molar-refractivity contribution in [2.45, 2.75) is 19.9 Å². The van der Waals surface area contributed by atoms with Gasteiger partial charge in [-0.1, -0.05) is 0 Å². The molecular weight excluding hydrogens is 250 g/mol. The number of morpholine rings is 1. The minimum atomic E-state index is -1.03. The van der Waals surface area contributed by atoms with E-state index in [-0.39, 0.29) is 11.5 Å². The Morgan fingerprint density at radius 1 is 1.42 bits per heavy atom. The largest absolute Gasteiger partial charge is 0.478 e. The first-order chi connectivity index (χ1) is 9.00. The second-order valence-electron chi connectivity index (χ2n) is 4.53. The summed E-state index contributed by atoms with van der Waals surface area (Å²) >= 11 is 0. The number of carbonyl (C=O) groups excluding carboxylic acids is 1. The van der Waals surface area contributed by atoms with Gasteiger partial charge in [-0.25, -0.2) is 4.79 Å². The van der Waals surface area contributed by atoms with Gasteiger partial charge in [0.25, 0.3) is 0 Å². The predicted molar refractivity (Wildman–Crippen MR) is 66.0 cm³/mol. The van der Waals surface area contributed by atoms with Gasteiger partial charge in [0.1, 0.15) is 11.6 Å². The molecule has 1 aromatic heterocycles. The van der Waals surface area contributed by atoms with Gasteiger partial charge >= 0.3 is 5.97 Å². The van der Waals surface area contributed by atoms with Crippen LogP contribution in [-0.4, -0.2) is 58.0 Å². The minimum absolute atomic E-state index is 0.0669. The van der Waals surface area contributed by atoms with Gasteiger partial charge in [-0.2, -0.15) is 5.10 Å². The summed E-state index contributed by atoms with van der Waals surface area (Å²) < 4.78 is 6.61. The summed E-state index contributed by atoms with van der Waals surface area (Å²) in [6.07, 6.45) is 1.40. The van der Waals surface area contributed by atoms with Crippen LogP contribution in [0.4, 0.5) is 0 Å². The molecule has 0 saturated carbocycles. The van der Waals surface area contributed by atoms with Gasteiger partial charge in [-0.3, -0.25) is 9.48 Å². The molecule has 0 aliphatic carbocycles. The van der Waals surface area contributed by atoms with Crippen LogP contribution in [0, 0.1) is 6.92 Å². The molecule has 0 radical (unpaired) electrons. The van der Waals surface area contributed by atoms with Crippen molar-refractivity contribution in [1.82, 2.24) is 14.7 Å². The fourth-order valence-corrected chi connectivity index (χ4v) is 2.05. The Kier molecular flexibility index (Phi) is 3.84. The fraction of sp³-hybridized carbons (Fsp3) is 0.583. The molecule has 104 valence electrons. The van der Waals surface area contributed by atoms with Crippen LogP contribution in [-0.2, 0) is 9.53 Å². The number of carbonyl (C=O) groups is 2. The number of nitrogens with zero attached hydrogens (tertiary/aromatic N) is 3. The number of amides is 1. The van der Waals surface area contributed by atoms with Crippen LogP contribution in [0.15, 0.2) is 6.20 Å². The molecular formula is C12H17N3O4. The number of aromatic nitrogens is 2. The first-order valence-corrected chi connectivity index (χ1v) is 6.16. The number of hydrogen-bond acceptors (Lipinski definition) is 4. The maximum absolute atomic E-state index is 12.3. The maximum atomic E-state index is 12.3. The molecule has 2 rings (SSSR count). The third kappa shape index (κ3) is 2.76. The topological polar surface area (TPSA) is 84.7 Å². The van der Waals surface area contributed by atoms with Crippen molar-refractivity contribution in [3.05, 3.63) is 17.5 Å². The van der Waals surface area contributed by atoms with Crippen molar-refractivity contribution >= 4 is 11.9 Å². The summed E-state index contributed by atoms with van der Waals surface area (Å²) in [6, 6.07) is -0.509. The molecule has 1 saturated heterocycles. The minimum Gasteiger partial charge on any atom is -0.478 e. The van der Waals surface area contributed by atoms with E-state index in [4.69, 9.17) is 9.84 Å². The molecule has 1 unspecified atom stereocenters. The molecule has 7 heteroatoms. The van der Waals surface area contributed by atoms with Gasteiger partial charge in [0.05, 0.1) is 18.9 Å². The van der Waals surface area contributed by atoms with Crippen molar-refractivity contribution in [2.24, 2.45) is 0 Å². The summed E-state index contributed by atoms with van der Waals surface area (Å²) in [5, 5.41) is 13.1. The highest BCUT2D eigenvalue weighted by atomic mass is 16.5. The summed E-state index contributed by atoms with van der Waals surface area (Å²) in [4.78, 5) is 24.9. The molecule has 1 aliphatic rings. The Labute approximate surface area is 110 Å². The van der Waals surface area contributed by atoms with Crippen LogP contribution < -0.4 is 0 Å². The molecule has 1 N–H and O–H groups in total. The number of rotatable bonds is 3. The zero-order chi connectivity index (χ0) is 14.0. The van der Waals surface area contributed by atoms with E-state index in [2.05, 4.69) is 5.10 Å². The van der Waals surface area contributed by atoms with Crippen LogP contribution in [0.25, 0.3) is 0 Å². The molecule has 0 spiro atoms. The van der Waals surface area contributed by atoms with Crippen LogP contribution in [0.1, 0.15) is 29.0 Å². The van der Waals surface area contributed by atoms with E-state index in [0.717, 1.165) is 0 Å². The van der Waals surface area contributed by atoms with Crippen LogP contribution in [0.2, 0.25) is 0 Å². The zero-order valence-corrected chi connectivity index (χ0v) is 11.0. The number of aromatic carboxylic acids is 1. The van der Waals surface area contributed by atoms with E-state index in [1.807, 2.05) is 0 Å². The van der Waals surface area contributed by atoms with Gasteiger partial charge in [-0.15, -0.1) is 0 Å². The number of ether oxygens (including phenoxy) is 1. The smallest absolute Gasteiger partial charge is 0.339 e. The quantitative estimate of drug-likeness (QED) is 0.852. The third-order valence-electron chi connectivity index (χ3n) is 3.22. The lowest BCUT2D eigenvalue weighted by molar-refractivity contribution is -0.138. The van der Waals surface area contributed by atoms with Crippen LogP contribution in [0.5, 0.6) is 0 Å². The van der Waals surface area contributed by atoms with Gasteiger partial charge in [-0.05, 0) is 13.8 Å². The average Bonchev–Trinajstić information content (AvgIpc) is 2.80. The van der Waals surface area contributed by atoms with Gasteiger partial charge in [0.15, 0.2) is 0 Å². The highest BCUT2D eigenvalue weighted by Crippen LogP contribution is 2.14. The van der Waals surface area contributed by atoms with E-state index < -0.39 is 12.0 Å². The molecule has 1 amide bonds. The number of carboxylic acids is 1. The Morgan fingerprint density at radius 3 is 2.58 bits per heavy atom. The monoisotopic (exact) mass is 267 g/mol. The highest BCUT2D eigenvalue weighted by molar-refractivity contribution is 5.88. The first kappa shape index (κ1) is 13.5. The standard InChI is InChI=1S/C12H17N3O4/c1-8-10(12(17)18)7-15(13-8)9(2)11(16)14-3-5-19-6-4-14/h7,9H,3-6H2,1-2H3,(H,17,18). The molecule has 1 atom stereocenters. The predicted octanol–water partition coefficient (Wildman–Crippen LogP) is 0.310. The molecule has 1 aliphatic heterocycles. The van der Waals surface area contributed by atoms with E-state index >= 15 is 0 Å². The third-order valence-corrected chi connectivity index (χ3v) is 3.22. The fourth-order valence-electron chi connectivity index (χ4n) is 2.05. The van der Waals surface area contributed by atoms with Crippen molar-refractivity contribution in [2.75, 3.05) is 26.3 Å². The van der Waals surface area contributed by atoms with Crippen molar-refractivity contribution in [3.63, 3.8) is 0 Å². The normalized spacial score (nSPS) is 17.3. The van der Waals surface area contributed by atoms with Gasteiger partial charge in [0, 0.05) is 19.3 Å². The maximum Gasteiger partial charge on any atom is 0.339 e. The number of carboxylic acid groups (broad SMARTS) is 1. The summed E-state index contributed by atoms with van der Waals surface area (Å²) in [5.41, 5.74) is 0.538. The molecule has 0 bridgehead atoms. The molecule has 2 heterocycles. The highest BCUT2D eigenvalue weighted by Gasteiger charge is 2.25. The van der Waals surface area contributed by atoms with Crippen molar-refractivity contribution in [3.8, 4) is 0 Å². The molecule has 19 heavy (non-hydrogen) atoms. The lowest BCUT2D eigenvalue weighted by atomic mass is 10.2. The van der Waals surface area contributed by atoms with Gasteiger partial charge < -0.3 is 14.7 Å². The Hall–Kier alpha value is -1.89. The molecule has 1 fully saturated rings. The summed E-state index contributed by atoms with van der Waals surface area (Å²) in [5.74, 6) is -1.10. The lowest BCUT2D eigenvalue weighted by Gasteiger charge is -2.29. The van der Waals surface area contributed by atoms with E-state index in [1.165, 1.54) is 10.9 Å². The Bertz CT molecular complexity index is 491. The molecule has 0 aromatic carbocycles. The lowest BCUT2D eigenvalue weighted by Crippen LogP contribution is -2.43. The summed E-state index contributed by atoms with van der Waals surface area (Å²) in [7, 11) is 0. The van der Waals surface area contributed by atoms with Crippen LogP contribution >= 0.6 is 0 Å². The second kappa shape index (κ2) is 5.40. The average molecular weight is 267 g/mol. The van der Waals surface area contributed by atoms with Crippen molar-refractivity contribution in [1.29, 1.82) is 0 Å². The van der Waals surface area contributed by atoms with Crippen molar-refractivity contribution < 1.29 is 19.4 Å². The molecule has 1 aromatic rings. The zero-order valence-electron chi connectivity index (χ0n) is 11.0. The van der Waals surface area contributed by atoms with E-state index in [9.17, 15) is 9.59 Å². The Balaban J connectivity index is 2.14. The van der Waals surface area contributed by atoms with E-state index in [0.29, 0.717) is 32.0 Å². The number of hydrogen-bond donors (Lipinski definition) is 1. The SMILES string of the molecule is Cc1nn(C(C)C(=O)N2CCOCC2)cc1C(=O)O. The molecule has 7 nitrogen and oxygen atoms in total. The van der Waals surface area contributed by atoms with Crippen LogP contribution in [0.3, 0.4) is 0 Å².